The quantitative estimate of drug-likeness (QED) is 0.245. The molecule has 0 aliphatic carbocycles. The molecule has 178 valence electrons. The lowest BCUT2D eigenvalue weighted by atomic mass is 10.2. The first-order valence-electron chi connectivity index (χ1n) is 10.7. The molecule has 1 N–H and O–H groups in total. The Morgan fingerprint density at radius 1 is 1.00 bits per heavy atom. The Bertz CT molecular complexity index is 1180. The van der Waals surface area contributed by atoms with E-state index in [1.165, 1.54) is 18.5 Å². The van der Waals surface area contributed by atoms with Crippen LogP contribution in [0.3, 0.4) is 0 Å². The average Bonchev–Trinajstić information content (AvgIpc) is 2.85. The summed E-state index contributed by atoms with van der Waals surface area (Å²) in [6.07, 6.45) is 9.88. The first-order chi connectivity index (χ1) is 16.6. The Labute approximate surface area is 206 Å². The summed E-state index contributed by atoms with van der Waals surface area (Å²) in [5.74, 6) is 1.70. The van der Waals surface area contributed by atoms with Gasteiger partial charge < -0.3 is 24.4 Å². The van der Waals surface area contributed by atoms with E-state index >= 15 is 0 Å². The lowest BCUT2D eigenvalue weighted by Gasteiger charge is -2.18. The molecule has 1 aliphatic rings. The molecule has 0 bridgehead atoms. The summed E-state index contributed by atoms with van der Waals surface area (Å²) in [6, 6.07) is 8.04. The number of hydrogen-bond donors (Lipinski definition) is 1. The summed E-state index contributed by atoms with van der Waals surface area (Å²) in [7, 11) is 0. The van der Waals surface area contributed by atoms with Gasteiger partial charge in [-0.25, -0.2) is 14.4 Å². The zero-order chi connectivity index (χ0) is 23.8. The maximum absolute atomic E-state index is 13.5. The van der Waals surface area contributed by atoms with Crippen LogP contribution in [-0.4, -0.2) is 40.5 Å². The van der Waals surface area contributed by atoms with Crippen LogP contribution in [0.1, 0.15) is 12.8 Å². The van der Waals surface area contributed by atoms with Crippen molar-refractivity contribution < 1.29 is 18.6 Å². The van der Waals surface area contributed by atoms with Gasteiger partial charge >= 0.3 is 0 Å². The van der Waals surface area contributed by atoms with Crippen LogP contribution in [0.2, 0.25) is 5.02 Å². The van der Waals surface area contributed by atoms with Gasteiger partial charge in [-0.05, 0) is 37.1 Å². The molecule has 0 atom stereocenters. The summed E-state index contributed by atoms with van der Waals surface area (Å²) < 4.78 is 30.6. The van der Waals surface area contributed by atoms with Crippen molar-refractivity contribution in [3.8, 4) is 11.5 Å². The number of benzene rings is 2. The third-order valence-electron chi connectivity index (χ3n) is 4.90. The molecule has 1 aromatic heterocycles. The number of nitrogens with one attached hydrogen (secondary N) is 1. The molecule has 34 heavy (non-hydrogen) atoms. The SMILES string of the molecule is Fc1ccc(Nc2ncnc3cc(OCCCCl)c(OCCCN4C=COC=C4)cc23)cc1Cl. The van der Waals surface area contributed by atoms with E-state index in [1.54, 1.807) is 18.6 Å². The number of fused-ring (bicyclic) bond motifs is 1. The molecule has 0 spiro atoms. The highest BCUT2D eigenvalue weighted by atomic mass is 35.5. The van der Waals surface area contributed by atoms with Gasteiger partial charge in [0.2, 0.25) is 0 Å². The van der Waals surface area contributed by atoms with Gasteiger partial charge in [-0.2, -0.15) is 0 Å². The molecular weight excluding hydrogens is 482 g/mol. The van der Waals surface area contributed by atoms with Crippen LogP contribution in [0.15, 0.2) is 61.6 Å². The van der Waals surface area contributed by atoms with E-state index in [0.717, 1.165) is 18.4 Å². The Kier molecular flexibility index (Phi) is 8.27. The van der Waals surface area contributed by atoms with Crippen LogP contribution >= 0.6 is 23.2 Å². The summed E-state index contributed by atoms with van der Waals surface area (Å²) in [5.41, 5.74) is 1.27. The minimum atomic E-state index is -0.489. The highest BCUT2D eigenvalue weighted by Crippen LogP contribution is 2.35. The second-order valence-electron chi connectivity index (χ2n) is 7.33. The van der Waals surface area contributed by atoms with Crippen molar-refractivity contribution >= 4 is 45.6 Å². The van der Waals surface area contributed by atoms with Gasteiger partial charge in [-0.1, -0.05) is 11.6 Å². The molecule has 0 unspecified atom stereocenters. The lowest BCUT2D eigenvalue weighted by molar-refractivity contribution is 0.257. The highest BCUT2D eigenvalue weighted by molar-refractivity contribution is 6.31. The van der Waals surface area contributed by atoms with Crippen LogP contribution in [0, 0.1) is 5.82 Å². The van der Waals surface area contributed by atoms with Crippen LogP contribution < -0.4 is 14.8 Å². The second kappa shape index (κ2) is 11.8. The first kappa shape index (κ1) is 23.9. The Morgan fingerprint density at radius 2 is 1.76 bits per heavy atom. The number of rotatable bonds is 11. The normalized spacial score (nSPS) is 12.6. The molecule has 7 nitrogen and oxygen atoms in total. The lowest BCUT2D eigenvalue weighted by Crippen LogP contribution is -2.16. The third kappa shape index (κ3) is 6.21. The maximum Gasteiger partial charge on any atom is 0.163 e. The third-order valence-corrected chi connectivity index (χ3v) is 5.46. The molecule has 2 heterocycles. The second-order valence-corrected chi connectivity index (χ2v) is 8.11. The van der Waals surface area contributed by atoms with Gasteiger partial charge in [0.1, 0.15) is 30.5 Å². The number of nitrogens with zero attached hydrogens (tertiary/aromatic N) is 3. The number of hydrogen-bond acceptors (Lipinski definition) is 7. The largest absolute Gasteiger partial charge is 0.490 e. The molecular formula is C24H23Cl2FN4O3. The van der Waals surface area contributed by atoms with E-state index in [-0.39, 0.29) is 5.02 Å². The van der Waals surface area contributed by atoms with Crippen molar-refractivity contribution in [1.29, 1.82) is 0 Å². The van der Waals surface area contributed by atoms with Crippen LogP contribution in [0.4, 0.5) is 15.9 Å². The van der Waals surface area contributed by atoms with Crippen molar-refractivity contribution in [1.82, 2.24) is 14.9 Å². The van der Waals surface area contributed by atoms with Crippen LogP contribution in [-0.2, 0) is 4.74 Å². The van der Waals surface area contributed by atoms with E-state index in [2.05, 4.69) is 15.3 Å². The predicted octanol–water partition coefficient (Wildman–Crippen LogP) is 6.22. The van der Waals surface area contributed by atoms with Gasteiger partial charge in [0.05, 0.1) is 23.8 Å². The molecule has 0 amide bonds. The number of alkyl halides is 1. The van der Waals surface area contributed by atoms with Crippen molar-refractivity contribution in [2.75, 3.05) is 31.0 Å². The molecule has 1 aliphatic heterocycles. The summed E-state index contributed by atoms with van der Waals surface area (Å²) in [6.45, 7) is 1.70. The van der Waals surface area contributed by atoms with E-state index in [4.69, 9.17) is 37.4 Å². The molecule has 0 saturated heterocycles. The zero-order valence-corrected chi connectivity index (χ0v) is 19.7. The van der Waals surface area contributed by atoms with Crippen molar-refractivity contribution in [2.24, 2.45) is 0 Å². The van der Waals surface area contributed by atoms with Crippen molar-refractivity contribution in [2.45, 2.75) is 12.8 Å². The van der Waals surface area contributed by atoms with Gasteiger partial charge in [0.25, 0.3) is 0 Å². The van der Waals surface area contributed by atoms with Gasteiger partial charge in [0.15, 0.2) is 11.5 Å². The maximum atomic E-state index is 13.5. The Hall–Kier alpha value is -3.23. The average molecular weight is 505 g/mol. The van der Waals surface area contributed by atoms with Crippen molar-refractivity contribution in [3.63, 3.8) is 0 Å². The molecule has 0 saturated carbocycles. The fourth-order valence-electron chi connectivity index (χ4n) is 3.24. The predicted molar refractivity (Wildman–Crippen MR) is 131 cm³/mol. The zero-order valence-electron chi connectivity index (χ0n) is 18.2. The van der Waals surface area contributed by atoms with E-state index < -0.39 is 5.82 Å². The minimum absolute atomic E-state index is 0.0207. The fraction of sp³-hybridized carbons (Fsp3) is 0.250. The topological polar surface area (TPSA) is 68.7 Å². The molecule has 0 radical (unpaired) electrons. The van der Waals surface area contributed by atoms with E-state index in [9.17, 15) is 4.39 Å². The molecule has 2 aromatic carbocycles. The number of aromatic nitrogens is 2. The monoisotopic (exact) mass is 504 g/mol. The molecule has 3 aromatic rings. The number of halogens is 3. The van der Waals surface area contributed by atoms with E-state index in [1.807, 2.05) is 29.4 Å². The first-order valence-corrected chi connectivity index (χ1v) is 11.6. The minimum Gasteiger partial charge on any atom is -0.490 e. The Balaban J connectivity index is 1.55. The Morgan fingerprint density at radius 3 is 2.53 bits per heavy atom. The fourth-order valence-corrected chi connectivity index (χ4v) is 3.53. The summed E-state index contributed by atoms with van der Waals surface area (Å²) >= 11 is 11.7. The van der Waals surface area contributed by atoms with Gasteiger partial charge in [-0.3, -0.25) is 0 Å². The smallest absolute Gasteiger partial charge is 0.163 e. The van der Waals surface area contributed by atoms with Crippen LogP contribution in [0.5, 0.6) is 11.5 Å². The van der Waals surface area contributed by atoms with Crippen LogP contribution in [0.25, 0.3) is 10.9 Å². The number of anilines is 2. The van der Waals surface area contributed by atoms with Crippen molar-refractivity contribution in [3.05, 3.63) is 72.4 Å². The molecule has 4 rings (SSSR count). The van der Waals surface area contributed by atoms with Gasteiger partial charge in [-0.15, -0.1) is 11.6 Å². The summed E-state index contributed by atoms with van der Waals surface area (Å²) in [5, 5.41) is 3.92. The summed E-state index contributed by atoms with van der Waals surface area (Å²) in [4.78, 5) is 10.7. The standard InChI is InChI=1S/C24H23Cl2FN4O3/c25-5-1-9-33-23-15-21-18(14-22(23)34-10-2-6-31-7-11-32-12-8-31)24(29-16-28-21)30-17-3-4-20(27)19(26)13-17/h3-4,7-8,11-16H,1-2,5-6,9-10H2,(H,28,29,30). The van der Waals surface area contributed by atoms with E-state index in [0.29, 0.717) is 54.0 Å². The highest BCUT2D eigenvalue weighted by Gasteiger charge is 2.13. The van der Waals surface area contributed by atoms with Gasteiger partial charge in [0, 0.05) is 42.0 Å². The molecule has 0 fully saturated rings. The number of ether oxygens (including phenoxy) is 3. The molecule has 10 heteroatoms.